The SMILES string of the molecule is COCCC(=O)NC(CC(C)C)CC1OC(c2ccccc2)=NN1O. The maximum atomic E-state index is 12.0. The number of nitrogens with one attached hydrogen (secondary N) is 1. The molecule has 1 aromatic rings. The number of amides is 1. The normalized spacial score (nSPS) is 18.0. The second-order valence-corrected chi connectivity index (χ2v) is 6.54. The van der Waals surface area contributed by atoms with Crippen molar-refractivity contribution in [3.05, 3.63) is 35.9 Å². The van der Waals surface area contributed by atoms with Crippen molar-refractivity contribution in [1.29, 1.82) is 0 Å². The molecule has 138 valence electrons. The number of carbonyl (C=O) groups excluding carboxylic acids is 1. The highest BCUT2D eigenvalue weighted by molar-refractivity contribution is 5.94. The maximum Gasteiger partial charge on any atom is 0.242 e. The molecule has 2 rings (SSSR count). The summed E-state index contributed by atoms with van der Waals surface area (Å²) < 4.78 is 10.7. The van der Waals surface area contributed by atoms with Crippen molar-refractivity contribution in [2.75, 3.05) is 13.7 Å². The molecule has 1 aliphatic rings. The maximum absolute atomic E-state index is 12.0. The van der Waals surface area contributed by atoms with E-state index in [9.17, 15) is 10.0 Å². The summed E-state index contributed by atoms with van der Waals surface area (Å²) in [5.41, 5.74) is 0.800. The van der Waals surface area contributed by atoms with Crippen LogP contribution in [0.3, 0.4) is 0 Å². The van der Waals surface area contributed by atoms with Gasteiger partial charge in [0.25, 0.3) is 0 Å². The Kier molecular flexibility index (Phi) is 7.21. The van der Waals surface area contributed by atoms with Crippen LogP contribution in [0.15, 0.2) is 35.4 Å². The number of hydrogen-bond acceptors (Lipinski definition) is 6. The molecule has 0 bridgehead atoms. The molecular formula is C18H27N3O4. The van der Waals surface area contributed by atoms with Crippen LogP contribution in [-0.2, 0) is 14.3 Å². The topological polar surface area (TPSA) is 83.4 Å². The second kappa shape index (κ2) is 9.39. The van der Waals surface area contributed by atoms with E-state index in [0.717, 1.165) is 17.2 Å². The van der Waals surface area contributed by atoms with Gasteiger partial charge in [0, 0.05) is 31.6 Å². The number of hydroxylamine groups is 1. The predicted molar refractivity (Wildman–Crippen MR) is 94.0 cm³/mol. The predicted octanol–water partition coefficient (Wildman–Crippen LogP) is 2.35. The monoisotopic (exact) mass is 349 g/mol. The highest BCUT2D eigenvalue weighted by atomic mass is 16.6. The average molecular weight is 349 g/mol. The number of methoxy groups -OCH3 is 1. The summed E-state index contributed by atoms with van der Waals surface area (Å²) in [5, 5.41) is 17.9. The van der Waals surface area contributed by atoms with Gasteiger partial charge in [0.1, 0.15) is 0 Å². The number of carbonyl (C=O) groups is 1. The van der Waals surface area contributed by atoms with Gasteiger partial charge in [0.2, 0.25) is 18.0 Å². The first-order valence-electron chi connectivity index (χ1n) is 8.56. The molecule has 1 amide bonds. The van der Waals surface area contributed by atoms with Gasteiger partial charge in [0.15, 0.2) is 0 Å². The Balaban J connectivity index is 1.95. The van der Waals surface area contributed by atoms with Gasteiger partial charge in [-0.1, -0.05) is 32.0 Å². The Hall–Kier alpha value is -2.12. The summed E-state index contributed by atoms with van der Waals surface area (Å²) >= 11 is 0. The van der Waals surface area contributed by atoms with E-state index in [4.69, 9.17) is 9.47 Å². The van der Waals surface area contributed by atoms with Crippen molar-refractivity contribution in [2.24, 2.45) is 11.0 Å². The number of ether oxygens (including phenoxy) is 2. The van der Waals surface area contributed by atoms with Gasteiger partial charge in [-0.25, -0.2) is 0 Å². The third-order valence-corrected chi connectivity index (χ3v) is 3.86. The molecule has 1 aliphatic heterocycles. The van der Waals surface area contributed by atoms with E-state index in [2.05, 4.69) is 24.3 Å². The van der Waals surface area contributed by atoms with E-state index in [1.54, 1.807) is 7.11 Å². The van der Waals surface area contributed by atoms with Gasteiger partial charge in [0.05, 0.1) is 6.61 Å². The minimum absolute atomic E-state index is 0.0702. The molecule has 7 nitrogen and oxygen atoms in total. The third-order valence-electron chi connectivity index (χ3n) is 3.86. The highest BCUT2D eigenvalue weighted by Crippen LogP contribution is 2.21. The molecule has 0 radical (unpaired) electrons. The van der Waals surface area contributed by atoms with Crippen molar-refractivity contribution in [1.82, 2.24) is 10.5 Å². The quantitative estimate of drug-likeness (QED) is 0.715. The fraction of sp³-hybridized carbons (Fsp3) is 0.556. The summed E-state index contributed by atoms with van der Waals surface area (Å²) in [4.78, 5) is 12.0. The minimum atomic E-state index is -0.623. The molecule has 0 saturated heterocycles. The third kappa shape index (κ3) is 6.03. The van der Waals surface area contributed by atoms with Crippen molar-refractivity contribution in [3.8, 4) is 0 Å². The molecule has 2 unspecified atom stereocenters. The van der Waals surface area contributed by atoms with Crippen LogP contribution in [0.1, 0.15) is 38.7 Å². The largest absolute Gasteiger partial charge is 0.448 e. The van der Waals surface area contributed by atoms with Gasteiger partial charge >= 0.3 is 0 Å². The van der Waals surface area contributed by atoms with E-state index in [-0.39, 0.29) is 11.9 Å². The van der Waals surface area contributed by atoms with Crippen LogP contribution in [0.25, 0.3) is 0 Å². The summed E-state index contributed by atoms with van der Waals surface area (Å²) in [6.07, 6.45) is 0.910. The van der Waals surface area contributed by atoms with Gasteiger partial charge in [-0.05, 0) is 24.5 Å². The molecule has 25 heavy (non-hydrogen) atoms. The zero-order chi connectivity index (χ0) is 18.2. The lowest BCUT2D eigenvalue weighted by molar-refractivity contribution is -0.171. The number of nitrogens with zero attached hydrogens (tertiary/aromatic N) is 2. The van der Waals surface area contributed by atoms with E-state index in [1.807, 2.05) is 30.3 Å². The van der Waals surface area contributed by atoms with E-state index in [1.165, 1.54) is 0 Å². The Morgan fingerprint density at radius 2 is 2.12 bits per heavy atom. The van der Waals surface area contributed by atoms with Crippen LogP contribution < -0.4 is 5.32 Å². The summed E-state index contributed by atoms with van der Waals surface area (Å²) in [6, 6.07) is 9.29. The van der Waals surface area contributed by atoms with Crippen LogP contribution in [0.5, 0.6) is 0 Å². The fourth-order valence-electron chi connectivity index (χ4n) is 2.73. The van der Waals surface area contributed by atoms with Crippen molar-refractivity contribution >= 4 is 11.8 Å². The molecular weight excluding hydrogens is 322 g/mol. The van der Waals surface area contributed by atoms with E-state index in [0.29, 0.717) is 31.3 Å². The van der Waals surface area contributed by atoms with Crippen LogP contribution in [-0.4, -0.2) is 48.2 Å². The van der Waals surface area contributed by atoms with Crippen LogP contribution in [0.4, 0.5) is 0 Å². The van der Waals surface area contributed by atoms with Gasteiger partial charge in [-0.15, -0.1) is 10.3 Å². The van der Waals surface area contributed by atoms with Crippen LogP contribution >= 0.6 is 0 Å². The molecule has 0 aliphatic carbocycles. The molecule has 1 aromatic carbocycles. The first-order chi connectivity index (χ1) is 12.0. The minimum Gasteiger partial charge on any atom is -0.448 e. The smallest absolute Gasteiger partial charge is 0.242 e. The second-order valence-electron chi connectivity index (χ2n) is 6.54. The Morgan fingerprint density at radius 1 is 1.40 bits per heavy atom. The molecule has 2 N–H and O–H groups in total. The van der Waals surface area contributed by atoms with Crippen LogP contribution in [0, 0.1) is 5.92 Å². The van der Waals surface area contributed by atoms with E-state index >= 15 is 0 Å². The standard InChI is InChI=1S/C18H27N3O4/c1-13(2)11-15(19-16(22)9-10-24-3)12-17-21(23)20-18(25-17)14-7-5-4-6-8-14/h4-8,13,15,17,23H,9-12H2,1-3H3,(H,19,22). The number of benzene rings is 1. The lowest BCUT2D eigenvalue weighted by atomic mass is 10.00. The number of hydrazone groups is 1. The van der Waals surface area contributed by atoms with Crippen molar-refractivity contribution in [2.45, 2.75) is 45.4 Å². The Bertz CT molecular complexity index is 577. The highest BCUT2D eigenvalue weighted by Gasteiger charge is 2.31. The summed E-state index contributed by atoms with van der Waals surface area (Å²) in [7, 11) is 1.57. The first kappa shape index (κ1) is 19.2. The fourth-order valence-corrected chi connectivity index (χ4v) is 2.73. The molecule has 7 heteroatoms. The Morgan fingerprint density at radius 3 is 2.76 bits per heavy atom. The van der Waals surface area contributed by atoms with Crippen molar-refractivity contribution < 1.29 is 19.5 Å². The number of hydrogen-bond donors (Lipinski definition) is 2. The molecule has 2 atom stereocenters. The first-order valence-corrected chi connectivity index (χ1v) is 8.56. The lowest BCUT2D eigenvalue weighted by Crippen LogP contribution is -2.41. The Labute approximate surface area is 148 Å². The zero-order valence-corrected chi connectivity index (χ0v) is 15.0. The molecule has 1 heterocycles. The average Bonchev–Trinajstić information content (AvgIpc) is 2.94. The summed E-state index contributed by atoms with van der Waals surface area (Å²) in [6.45, 7) is 4.56. The molecule has 0 saturated carbocycles. The van der Waals surface area contributed by atoms with Crippen molar-refractivity contribution in [3.63, 3.8) is 0 Å². The van der Waals surface area contributed by atoms with Gasteiger partial charge in [-0.3, -0.25) is 10.0 Å². The van der Waals surface area contributed by atoms with Crippen LogP contribution in [0.2, 0.25) is 0 Å². The zero-order valence-electron chi connectivity index (χ0n) is 15.0. The molecule has 0 fully saturated rings. The van der Waals surface area contributed by atoms with E-state index < -0.39 is 6.23 Å². The molecule has 0 aromatic heterocycles. The lowest BCUT2D eigenvalue weighted by Gasteiger charge is -2.25. The number of rotatable bonds is 9. The molecule has 0 spiro atoms. The van der Waals surface area contributed by atoms with Gasteiger partial charge in [-0.2, -0.15) is 0 Å². The summed E-state index contributed by atoms with van der Waals surface area (Å²) in [5.74, 6) is 0.706. The van der Waals surface area contributed by atoms with Gasteiger partial charge < -0.3 is 14.8 Å².